The summed E-state index contributed by atoms with van der Waals surface area (Å²) in [7, 11) is 2.10. The van der Waals surface area contributed by atoms with Crippen molar-refractivity contribution in [3.63, 3.8) is 0 Å². The van der Waals surface area contributed by atoms with E-state index in [1.54, 1.807) is 11.3 Å². The van der Waals surface area contributed by atoms with Gasteiger partial charge in [0.15, 0.2) is 0 Å². The first-order chi connectivity index (χ1) is 11.6. The number of rotatable bonds is 6. The van der Waals surface area contributed by atoms with Crippen molar-refractivity contribution in [2.24, 2.45) is 0 Å². The number of nitrogens with zero attached hydrogens (tertiary/aromatic N) is 4. The molecule has 1 aromatic heterocycles. The molecule has 2 heterocycles. The standard InChI is InChI=1S/C18H26N4OS/c1-14-12-22(13-15(2)23-14)10-9-21(3)18-20-19-17(24-18)11-16-7-5-4-6-8-16/h4-8,14-15H,9-13H2,1-3H3/t14-,15+. The van der Waals surface area contributed by atoms with Gasteiger partial charge in [0.25, 0.3) is 0 Å². The van der Waals surface area contributed by atoms with Crippen molar-refractivity contribution in [1.82, 2.24) is 15.1 Å². The van der Waals surface area contributed by atoms with E-state index in [9.17, 15) is 0 Å². The fourth-order valence-electron chi connectivity index (χ4n) is 3.09. The smallest absolute Gasteiger partial charge is 0.208 e. The highest BCUT2D eigenvalue weighted by Crippen LogP contribution is 2.21. The Labute approximate surface area is 148 Å². The third kappa shape index (κ3) is 4.75. The van der Waals surface area contributed by atoms with Crippen LogP contribution in [0.5, 0.6) is 0 Å². The molecule has 1 aliphatic heterocycles. The Hall–Kier alpha value is -1.50. The molecule has 0 N–H and O–H groups in total. The van der Waals surface area contributed by atoms with E-state index < -0.39 is 0 Å². The van der Waals surface area contributed by atoms with E-state index in [-0.39, 0.29) is 0 Å². The van der Waals surface area contributed by atoms with Crippen LogP contribution in [0.1, 0.15) is 24.4 Å². The molecule has 1 saturated heterocycles. The fourth-order valence-corrected chi connectivity index (χ4v) is 3.95. The Morgan fingerprint density at radius 2 is 1.88 bits per heavy atom. The van der Waals surface area contributed by atoms with E-state index in [0.29, 0.717) is 12.2 Å². The predicted molar refractivity (Wildman–Crippen MR) is 98.9 cm³/mol. The van der Waals surface area contributed by atoms with Crippen LogP contribution in [0.3, 0.4) is 0 Å². The van der Waals surface area contributed by atoms with Gasteiger partial charge in [0.05, 0.1) is 12.2 Å². The molecule has 24 heavy (non-hydrogen) atoms. The van der Waals surface area contributed by atoms with E-state index in [4.69, 9.17) is 4.74 Å². The Morgan fingerprint density at radius 1 is 1.17 bits per heavy atom. The molecule has 6 heteroatoms. The SMILES string of the molecule is C[C@@H]1CN(CCN(C)c2nnc(Cc3ccccc3)s2)C[C@H](C)O1. The number of likely N-dealkylation sites (N-methyl/N-ethyl adjacent to an activating group) is 1. The van der Waals surface area contributed by atoms with Crippen molar-refractivity contribution in [3.8, 4) is 0 Å². The molecule has 0 unspecified atom stereocenters. The lowest BCUT2D eigenvalue weighted by molar-refractivity contribution is -0.0670. The second-order valence-corrected chi connectivity index (χ2v) is 7.62. The average molecular weight is 347 g/mol. The molecule has 3 rings (SSSR count). The predicted octanol–water partition coefficient (Wildman–Crippen LogP) is 2.67. The summed E-state index contributed by atoms with van der Waals surface area (Å²) in [6, 6.07) is 10.4. The van der Waals surface area contributed by atoms with E-state index in [2.05, 4.69) is 65.2 Å². The molecule has 0 radical (unpaired) electrons. The summed E-state index contributed by atoms with van der Waals surface area (Å²) in [6.45, 7) is 8.29. The second kappa shape index (κ2) is 8.05. The van der Waals surface area contributed by atoms with E-state index >= 15 is 0 Å². The maximum Gasteiger partial charge on any atom is 0.208 e. The summed E-state index contributed by atoms with van der Waals surface area (Å²) in [5, 5.41) is 10.8. The summed E-state index contributed by atoms with van der Waals surface area (Å²) in [6.07, 6.45) is 1.49. The number of ether oxygens (including phenoxy) is 1. The topological polar surface area (TPSA) is 41.5 Å². The van der Waals surface area contributed by atoms with Crippen molar-refractivity contribution in [1.29, 1.82) is 0 Å². The lowest BCUT2D eigenvalue weighted by Crippen LogP contribution is -2.47. The van der Waals surface area contributed by atoms with Crippen LogP contribution >= 0.6 is 11.3 Å². The summed E-state index contributed by atoms with van der Waals surface area (Å²) >= 11 is 1.68. The Balaban J connectivity index is 1.51. The van der Waals surface area contributed by atoms with Gasteiger partial charge < -0.3 is 9.64 Å². The normalized spacial score (nSPS) is 21.8. The molecule has 2 atom stereocenters. The van der Waals surface area contributed by atoms with Crippen LogP contribution in [0.15, 0.2) is 30.3 Å². The molecule has 1 fully saturated rings. The molecule has 0 aliphatic carbocycles. The van der Waals surface area contributed by atoms with Gasteiger partial charge in [-0.2, -0.15) is 0 Å². The first kappa shape index (κ1) is 17.3. The van der Waals surface area contributed by atoms with Crippen molar-refractivity contribution in [3.05, 3.63) is 40.9 Å². The largest absolute Gasteiger partial charge is 0.373 e. The third-order valence-electron chi connectivity index (χ3n) is 4.23. The lowest BCUT2D eigenvalue weighted by Gasteiger charge is -2.36. The summed E-state index contributed by atoms with van der Waals surface area (Å²) in [5.74, 6) is 0. The second-order valence-electron chi connectivity index (χ2n) is 6.58. The van der Waals surface area contributed by atoms with Crippen molar-refractivity contribution in [2.75, 3.05) is 38.1 Å². The van der Waals surface area contributed by atoms with Gasteiger partial charge in [-0.1, -0.05) is 41.7 Å². The molecule has 5 nitrogen and oxygen atoms in total. The minimum Gasteiger partial charge on any atom is -0.373 e. The maximum absolute atomic E-state index is 5.79. The zero-order valence-electron chi connectivity index (χ0n) is 14.7. The van der Waals surface area contributed by atoms with Gasteiger partial charge in [-0.15, -0.1) is 10.2 Å². The molecule has 1 aromatic carbocycles. The van der Waals surface area contributed by atoms with Crippen LogP contribution in [-0.2, 0) is 11.2 Å². The summed E-state index contributed by atoms with van der Waals surface area (Å²) < 4.78 is 5.79. The van der Waals surface area contributed by atoms with Gasteiger partial charge in [-0.3, -0.25) is 4.90 Å². The number of morpholine rings is 1. The highest BCUT2D eigenvalue weighted by molar-refractivity contribution is 7.15. The third-order valence-corrected chi connectivity index (χ3v) is 5.27. The van der Waals surface area contributed by atoms with Crippen molar-refractivity contribution >= 4 is 16.5 Å². The Morgan fingerprint density at radius 3 is 2.58 bits per heavy atom. The number of hydrogen-bond acceptors (Lipinski definition) is 6. The van der Waals surface area contributed by atoms with Gasteiger partial charge >= 0.3 is 0 Å². The van der Waals surface area contributed by atoms with Crippen LogP contribution in [0.25, 0.3) is 0 Å². The van der Waals surface area contributed by atoms with E-state index in [1.807, 2.05) is 6.07 Å². The van der Waals surface area contributed by atoms with Crippen LogP contribution in [0, 0.1) is 0 Å². The molecule has 1 aliphatic rings. The zero-order valence-corrected chi connectivity index (χ0v) is 15.5. The van der Waals surface area contributed by atoms with Crippen molar-refractivity contribution < 1.29 is 4.74 Å². The Bertz CT molecular complexity index is 623. The molecule has 130 valence electrons. The van der Waals surface area contributed by atoms with Crippen LogP contribution in [-0.4, -0.2) is 60.5 Å². The molecule has 0 amide bonds. The monoisotopic (exact) mass is 346 g/mol. The molecular formula is C18H26N4OS. The highest BCUT2D eigenvalue weighted by atomic mass is 32.1. The van der Waals surface area contributed by atoms with Gasteiger partial charge in [0.2, 0.25) is 5.13 Å². The lowest BCUT2D eigenvalue weighted by atomic mass is 10.2. The van der Waals surface area contributed by atoms with E-state index in [1.165, 1.54) is 5.56 Å². The van der Waals surface area contributed by atoms with Gasteiger partial charge in [-0.05, 0) is 19.4 Å². The molecule has 2 aromatic rings. The van der Waals surface area contributed by atoms with Gasteiger partial charge in [0, 0.05) is 39.6 Å². The molecular weight excluding hydrogens is 320 g/mol. The number of anilines is 1. The van der Waals surface area contributed by atoms with Crippen LogP contribution in [0.2, 0.25) is 0 Å². The number of hydrogen-bond donors (Lipinski definition) is 0. The molecule has 0 saturated carbocycles. The van der Waals surface area contributed by atoms with Crippen molar-refractivity contribution in [2.45, 2.75) is 32.5 Å². The first-order valence-electron chi connectivity index (χ1n) is 8.55. The highest BCUT2D eigenvalue weighted by Gasteiger charge is 2.22. The zero-order chi connectivity index (χ0) is 16.9. The first-order valence-corrected chi connectivity index (χ1v) is 9.37. The quantitative estimate of drug-likeness (QED) is 0.804. The number of benzene rings is 1. The fraction of sp³-hybridized carbons (Fsp3) is 0.556. The van der Waals surface area contributed by atoms with E-state index in [0.717, 1.165) is 42.7 Å². The maximum atomic E-state index is 5.79. The molecule has 0 spiro atoms. The minimum absolute atomic E-state index is 0.318. The summed E-state index contributed by atoms with van der Waals surface area (Å²) in [5.41, 5.74) is 1.28. The minimum atomic E-state index is 0.318. The van der Waals surface area contributed by atoms with Crippen LogP contribution < -0.4 is 4.90 Å². The van der Waals surface area contributed by atoms with Gasteiger partial charge in [-0.25, -0.2) is 0 Å². The Kier molecular flexibility index (Phi) is 5.81. The summed E-state index contributed by atoms with van der Waals surface area (Å²) in [4.78, 5) is 4.68. The molecule has 0 bridgehead atoms. The average Bonchev–Trinajstić information content (AvgIpc) is 3.01. The van der Waals surface area contributed by atoms with Gasteiger partial charge in [0.1, 0.15) is 5.01 Å². The number of aromatic nitrogens is 2. The van der Waals surface area contributed by atoms with Crippen LogP contribution in [0.4, 0.5) is 5.13 Å².